The van der Waals surface area contributed by atoms with Gasteiger partial charge in [0, 0.05) is 16.8 Å². The molecular weight excluding hydrogens is 298 g/mol. The number of nitrogens with zero attached hydrogens (tertiary/aromatic N) is 1. The number of aryl methyl sites for hydroxylation is 2. The zero-order valence-corrected chi connectivity index (χ0v) is 13.0. The van der Waals surface area contributed by atoms with Gasteiger partial charge in [0.25, 0.3) is 5.91 Å². The van der Waals surface area contributed by atoms with Gasteiger partial charge < -0.3 is 16.2 Å². The van der Waals surface area contributed by atoms with Gasteiger partial charge in [0.05, 0.1) is 5.69 Å². The predicted molar refractivity (Wildman–Crippen MR) is 89.6 cm³/mol. The van der Waals surface area contributed by atoms with Crippen molar-refractivity contribution in [3.63, 3.8) is 0 Å². The number of rotatable bonds is 2. The number of amides is 1. The van der Waals surface area contributed by atoms with Crippen molar-refractivity contribution in [1.29, 1.82) is 0 Å². The summed E-state index contributed by atoms with van der Waals surface area (Å²) in [6.45, 7) is 3.88. The zero-order valence-electron chi connectivity index (χ0n) is 12.2. The summed E-state index contributed by atoms with van der Waals surface area (Å²) in [5.41, 5.74) is 9.11. The van der Waals surface area contributed by atoms with Gasteiger partial charge in [-0.2, -0.15) is 0 Å². The Kier molecular flexibility index (Phi) is 3.46. The number of hydrogen-bond acceptors (Lipinski definition) is 5. The number of carbonyl (C=O) groups is 1. The van der Waals surface area contributed by atoms with E-state index in [1.165, 1.54) is 23.5 Å². The van der Waals surface area contributed by atoms with Crippen molar-refractivity contribution in [2.24, 2.45) is 0 Å². The van der Waals surface area contributed by atoms with Crippen molar-refractivity contribution in [1.82, 2.24) is 4.98 Å². The number of hydrogen-bond donors (Lipinski definition) is 3. The molecule has 2 aromatic heterocycles. The molecule has 6 heteroatoms. The normalized spacial score (nSPS) is 10.8. The standard InChI is InChI=1S/C16H15N3O2S/c1-8-7-9(2)18-16-12(8)13(17)14(22-16)15(21)19-10-3-5-11(20)6-4-10/h3-7,20H,17H2,1-2H3,(H,19,21). The van der Waals surface area contributed by atoms with Crippen LogP contribution < -0.4 is 11.1 Å². The molecule has 3 aromatic rings. The third kappa shape index (κ3) is 2.48. The zero-order chi connectivity index (χ0) is 15.9. The Morgan fingerprint density at radius 3 is 2.64 bits per heavy atom. The number of aromatic nitrogens is 1. The first-order valence-electron chi connectivity index (χ1n) is 6.72. The van der Waals surface area contributed by atoms with Crippen LogP contribution in [0.15, 0.2) is 30.3 Å². The number of pyridine rings is 1. The lowest BCUT2D eigenvalue weighted by molar-refractivity contribution is 0.103. The number of nitrogens with one attached hydrogen (secondary N) is 1. The van der Waals surface area contributed by atoms with Gasteiger partial charge in [-0.25, -0.2) is 4.98 Å². The Balaban J connectivity index is 1.99. The Bertz CT molecular complexity index is 869. The minimum atomic E-state index is -0.275. The van der Waals surface area contributed by atoms with Crippen LogP contribution in [-0.4, -0.2) is 16.0 Å². The van der Waals surface area contributed by atoms with Crippen LogP contribution in [0.3, 0.4) is 0 Å². The fourth-order valence-electron chi connectivity index (χ4n) is 2.37. The summed E-state index contributed by atoms with van der Waals surface area (Å²) >= 11 is 1.29. The SMILES string of the molecule is Cc1cc(C)c2c(N)c(C(=O)Nc3ccc(O)cc3)sc2n1. The van der Waals surface area contributed by atoms with Crippen molar-refractivity contribution in [3.8, 4) is 5.75 Å². The van der Waals surface area contributed by atoms with Crippen LogP contribution in [-0.2, 0) is 0 Å². The molecule has 112 valence electrons. The molecule has 5 nitrogen and oxygen atoms in total. The molecule has 0 unspecified atom stereocenters. The van der Waals surface area contributed by atoms with E-state index in [4.69, 9.17) is 5.73 Å². The molecule has 4 N–H and O–H groups in total. The highest BCUT2D eigenvalue weighted by molar-refractivity contribution is 7.21. The second kappa shape index (κ2) is 5.31. The Hall–Kier alpha value is -2.60. The molecule has 0 radical (unpaired) electrons. The number of phenolic OH excluding ortho intramolecular Hbond substituents is 1. The first kappa shape index (κ1) is 14.3. The maximum Gasteiger partial charge on any atom is 0.267 e. The highest BCUT2D eigenvalue weighted by atomic mass is 32.1. The summed E-state index contributed by atoms with van der Waals surface area (Å²) in [6.07, 6.45) is 0. The Morgan fingerprint density at radius 2 is 1.95 bits per heavy atom. The quantitative estimate of drug-likeness (QED) is 0.632. The summed E-state index contributed by atoms with van der Waals surface area (Å²) < 4.78 is 0. The molecule has 0 aliphatic rings. The summed E-state index contributed by atoms with van der Waals surface area (Å²) in [7, 11) is 0. The molecule has 1 aromatic carbocycles. The molecule has 0 atom stereocenters. The third-order valence-electron chi connectivity index (χ3n) is 3.36. The molecule has 0 saturated carbocycles. The van der Waals surface area contributed by atoms with Crippen molar-refractivity contribution < 1.29 is 9.90 Å². The van der Waals surface area contributed by atoms with Crippen molar-refractivity contribution in [2.45, 2.75) is 13.8 Å². The number of fused-ring (bicyclic) bond motifs is 1. The fourth-order valence-corrected chi connectivity index (χ4v) is 3.48. The van der Waals surface area contributed by atoms with Gasteiger partial charge in [-0.15, -0.1) is 11.3 Å². The van der Waals surface area contributed by atoms with E-state index in [2.05, 4.69) is 10.3 Å². The minimum Gasteiger partial charge on any atom is -0.508 e. The Labute approximate surface area is 131 Å². The maximum absolute atomic E-state index is 12.4. The lowest BCUT2D eigenvalue weighted by atomic mass is 10.1. The van der Waals surface area contributed by atoms with Crippen molar-refractivity contribution in [2.75, 3.05) is 11.1 Å². The van der Waals surface area contributed by atoms with Crippen LogP contribution in [0.1, 0.15) is 20.9 Å². The second-order valence-corrected chi connectivity index (χ2v) is 6.11. The lowest BCUT2D eigenvalue weighted by Gasteiger charge is -2.04. The highest BCUT2D eigenvalue weighted by Crippen LogP contribution is 2.35. The van der Waals surface area contributed by atoms with E-state index in [0.717, 1.165) is 21.5 Å². The monoisotopic (exact) mass is 313 g/mol. The van der Waals surface area contributed by atoms with Crippen molar-refractivity contribution in [3.05, 3.63) is 46.5 Å². The number of nitrogen functional groups attached to an aromatic ring is 1. The Morgan fingerprint density at radius 1 is 1.27 bits per heavy atom. The molecule has 22 heavy (non-hydrogen) atoms. The average Bonchev–Trinajstić information content (AvgIpc) is 2.78. The van der Waals surface area contributed by atoms with Crippen LogP contribution in [0.4, 0.5) is 11.4 Å². The molecule has 0 saturated heterocycles. The smallest absolute Gasteiger partial charge is 0.267 e. The summed E-state index contributed by atoms with van der Waals surface area (Å²) in [5, 5.41) is 12.9. The predicted octanol–water partition coefficient (Wildman–Crippen LogP) is 3.45. The third-order valence-corrected chi connectivity index (χ3v) is 4.45. The van der Waals surface area contributed by atoms with Crippen LogP contribution in [0.2, 0.25) is 0 Å². The number of phenols is 1. The molecule has 3 rings (SSSR count). The van der Waals surface area contributed by atoms with E-state index in [1.807, 2.05) is 19.9 Å². The van der Waals surface area contributed by atoms with E-state index in [-0.39, 0.29) is 11.7 Å². The number of aromatic hydroxyl groups is 1. The van der Waals surface area contributed by atoms with Crippen LogP contribution in [0, 0.1) is 13.8 Å². The second-order valence-electron chi connectivity index (χ2n) is 5.11. The molecule has 0 fully saturated rings. The van der Waals surface area contributed by atoms with Crippen LogP contribution in [0.25, 0.3) is 10.2 Å². The first-order chi connectivity index (χ1) is 10.5. The van der Waals surface area contributed by atoms with Gasteiger partial charge >= 0.3 is 0 Å². The minimum absolute atomic E-state index is 0.148. The van der Waals surface area contributed by atoms with E-state index in [1.54, 1.807) is 12.1 Å². The van der Waals surface area contributed by atoms with Gasteiger partial charge in [-0.1, -0.05) is 0 Å². The molecule has 1 amide bonds. The average molecular weight is 313 g/mol. The summed E-state index contributed by atoms with van der Waals surface area (Å²) in [6, 6.07) is 8.24. The number of carbonyl (C=O) groups excluding carboxylic acids is 1. The first-order valence-corrected chi connectivity index (χ1v) is 7.54. The molecule has 0 aliphatic carbocycles. The van der Waals surface area contributed by atoms with E-state index < -0.39 is 0 Å². The molecule has 0 aliphatic heterocycles. The van der Waals surface area contributed by atoms with E-state index >= 15 is 0 Å². The molecule has 0 bridgehead atoms. The number of nitrogens with two attached hydrogens (primary N) is 1. The fraction of sp³-hybridized carbons (Fsp3) is 0.125. The van der Waals surface area contributed by atoms with Gasteiger partial charge in [0.15, 0.2) is 0 Å². The summed E-state index contributed by atoms with van der Waals surface area (Å²) in [4.78, 5) is 18.1. The van der Waals surface area contributed by atoms with Gasteiger partial charge in [-0.3, -0.25) is 4.79 Å². The van der Waals surface area contributed by atoms with Crippen LogP contribution >= 0.6 is 11.3 Å². The van der Waals surface area contributed by atoms with Gasteiger partial charge in [0.2, 0.25) is 0 Å². The number of benzene rings is 1. The lowest BCUT2D eigenvalue weighted by Crippen LogP contribution is -2.11. The molecule has 0 spiro atoms. The van der Waals surface area contributed by atoms with E-state index in [0.29, 0.717) is 16.3 Å². The molecular formula is C16H15N3O2S. The number of thiophene rings is 1. The number of anilines is 2. The van der Waals surface area contributed by atoms with Gasteiger partial charge in [0.1, 0.15) is 15.5 Å². The van der Waals surface area contributed by atoms with Crippen molar-refractivity contribution >= 4 is 38.8 Å². The topological polar surface area (TPSA) is 88.2 Å². The van der Waals surface area contributed by atoms with Gasteiger partial charge in [-0.05, 0) is 49.7 Å². The molecule has 2 heterocycles. The maximum atomic E-state index is 12.4. The van der Waals surface area contributed by atoms with Crippen LogP contribution in [0.5, 0.6) is 5.75 Å². The van der Waals surface area contributed by atoms with E-state index in [9.17, 15) is 9.90 Å². The summed E-state index contributed by atoms with van der Waals surface area (Å²) in [5.74, 6) is -0.127. The highest BCUT2D eigenvalue weighted by Gasteiger charge is 2.19. The largest absolute Gasteiger partial charge is 0.508 e.